The average Bonchev–Trinajstić information content (AvgIpc) is 2.94. The van der Waals surface area contributed by atoms with E-state index >= 15 is 0 Å². The molecule has 0 saturated carbocycles. The number of furan rings is 1. The van der Waals surface area contributed by atoms with Crippen molar-refractivity contribution in [2.75, 3.05) is 27.4 Å². The topological polar surface area (TPSA) is 87.0 Å². The van der Waals surface area contributed by atoms with Gasteiger partial charge in [0.2, 0.25) is 5.76 Å². The summed E-state index contributed by atoms with van der Waals surface area (Å²) < 4.78 is 20.8. The summed E-state index contributed by atoms with van der Waals surface area (Å²) in [5.74, 6) is -1.05. The van der Waals surface area contributed by atoms with Crippen molar-refractivity contribution >= 4 is 22.8 Å². The van der Waals surface area contributed by atoms with Crippen molar-refractivity contribution < 1.29 is 28.2 Å². The molecule has 0 aliphatic carbocycles. The minimum atomic E-state index is -0.946. The van der Waals surface area contributed by atoms with Crippen molar-refractivity contribution in [3.8, 4) is 0 Å². The van der Waals surface area contributed by atoms with Gasteiger partial charge in [0.05, 0.1) is 13.2 Å². The number of rotatable bonds is 8. The van der Waals surface area contributed by atoms with Crippen LogP contribution in [-0.4, -0.2) is 45.4 Å². The number of benzene rings is 1. The number of methoxy groups -OCH3 is 2. The number of para-hydroxylation sites is 1. The van der Waals surface area contributed by atoms with Gasteiger partial charge in [-0.1, -0.05) is 18.2 Å². The lowest BCUT2D eigenvalue weighted by Crippen LogP contribution is -2.37. The number of nitrogens with one attached hydrogen (secondary N) is 1. The molecule has 0 unspecified atom stereocenters. The number of fused-ring (bicyclic) bond motifs is 1. The molecule has 2 rings (SSSR count). The van der Waals surface area contributed by atoms with E-state index in [1.807, 2.05) is 18.2 Å². The largest absolute Gasteiger partial charge is 0.449 e. The monoisotopic (exact) mass is 335 g/mol. The van der Waals surface area contributed by atoms with E-state index in [9.17, 15) is 9.59 Å². The van der Waals surface area contributed by atoms with Crippen LogP contribution in [0.3, 0.4) is 0 Å². The molecular formula is C17H21NO6. The summed E-state index contributed by atoms with van der Waals surface area (Å²) in [6.07, 6.45) is -0.946. The molecule has 0 fully saturated rings. The maximum Gasteiger partial charge on any atom is 0.375 e. The summed E-state index contributed by atoms with van der Waals surface area (Å²) in [5.41, 5.74) is 1.17. The van der Waals surface area contributed by atoms with Gasteiger partial charge in [0, 0.05) is 31.7 Å². The van der Waals surface area contributed by atoms with Gasteiger partial charge in [0.25, 0.3) is 5.91 Å². The molecule has 130 valence electrons. The van der Waals surface area contributed by atoms with Crippen LogP contribution in [-0.2, 0) is 25.6 Å². The minimum Gasteiger partial charge on any atom is -0.449 e. The molecule has 1 aromatic heterocycles. The van der Waals surface area contributed by atoms with Gasteiger partial charge < -0.3 is 23.9 Å². The summed E-state index contributed by atoms with van der Waals surface area (Å²) in [6, 6.07) is 7.25. The number of hydrogen-bond acceptors (Lipinski definition) is 6. The second kappa shape index (κ2) is 8.47. The first-order valence-electron chi connectivity index (χ1n) is 7.55. The summed E-state index contributed by atoms with van der Waals surface area (Å²) in [6.45, 7) is 2.43. The Balaban J connectivity index is 2.13. The Kier molecular flexibility index (Phi) is 6.34. The van der Waals surface area contributed by atoms with Gasteiger partial charge in [-0.15, -0.1) is 0 Å². The van der Waals surface area contributed by atoms with Crippen molar-refractivity contribution in [2.45, 2.75) is 19.6 Å². The smallest absolute Gasteiger partial charge is 0.375 e. The molecule has 0 radical (unpaired) electrons. The quantitative estimate of drug-likeness (QED) is 0.585. The second-order valence-electron chi connectivity index (χ2n) is 5.17. The predicted molar refractivity (Wildman–Crippen MR) is 86.7 cm³/mol. The zero-order valence-electron chi connectivity index (χ0n) is 14.0. The van der Waals surface area contributed by atoms with Gasteiger partial charge in [-0.25, -0.2) is 4.79 Å². The molecule has 7 nitrogen and oxygen atoms in total. The van der Waals surface area contributed by atoms with E-state index in [-0.39, 0.29) is 12.4 Å². The Labute approximate surface area is 139 Å². The van der Waals surface area contributed by atoms with Gasteiger partial charge in [0.15, 0.2) is 6.10 Å². The molecule has 0 bridgehead atoms. The molecule has 1 heterocycles. The lowest BCUT2D eigenvalue weighted by molar-refractivity contribution is -0.129. The van der Waals surface area contributed by atoms with Gasteiger partial charge in [-0.05, 0) is 13.0 Å². The van der Waals surface area contributed by atoms with E-state index in [1.54, 1.807) is 6.07 Å². The van der Waals surface area contributed by atoms with Crippen LogP contribution in [0.2, 0.25) is 0 Å². The summed E-state index contributed by atoms with van der Waals surface area (Å²) >= 11 is 0. The standard InChI is InChI=1S/C17H21NO6/c1-11(16(19)18-8-9-21-2)23-17(20)15-13(10-22-3)12-6-4-5-7-14(12)24-15/h4-7,11H,8-10H2,1-3H3,(H,18,19)/t11-/m0/s1. The highest BCUT2D eigenvalue weighted by Crippen LogP contribution is 2.27. The van der Waals surface area contributed by atoms with Crippen LogP contribution in [0.1, 0.15) is 23.0 Å². The fourth-order valence-electron chi connectivity index (χ4n) is 2.24. The summed E-state index contributed by atoms with van der Waals surface area (Å²) in [7, 11) is 3.07. The zero-order chi connectivity index (χ0) is 17.5. The summed E-state index contributed by atoms with van der Waals surface area (Å²) in [5, 5.41) is 3.39. The number of carbonyl (C=O) groups is 2. The van der Waals surface area contributed by atoms with E-state index in [0.29, 0.717) is 24.3 Å². The fraction of sp³-hybridized carbons (Fsp3) is 0.412. The molecule has 1 aromatic carbocycles. The van der Waals surface area contributed by atoms with Crippen LogP contribution in [0.15, 0.2) is 28.7 Å². The van der Waals surface area contributed by atoms with Crippen molar-refractivity contribution in [3.63, 3.8) is 0 Å². The average molecular weight is 335 g/mol. The van der Waals surface area contributed by atoms with Crippen LogP contribution in [0.4, 0.5) is 0 Å². The third-order valence-electron chi connectivity index (χ3n) is 3.43. The third-order valence-corrected chi connectivity index (χ3v) is 3.43. The van der Waals surface area contributed by atoms with Gasteiger partial charge >= 0.3 is 5.97 Å². The van der Waals surface area contributed by atoms with Crippen LogP contribution in [0, 0.1) is 0 Å². The highest BCUT2D eigenvalue weighted by atomic mass is 16.6. The Morgan fingerprint density at radius 1 is 1.21 bits per heavy atom. The summed E-state index contributed by atoms with van der Waals surface area (Å²) in [4.78, 5) is 24.2. The first-order chi connectivity index (χ1) is 11.6. The van der Waals surface area contributed by atoms with Crippen molar-refractivity contribution in [1.29, 1.82) is 0 Å². The van der Waals surface area contributed by atoms with Gasteiger partial charge in [-0.2, -0.15) is 0 Å². The van der Waals surface area contributed by atoms with Crippen molar-refractivity contribution in [3.05, 3.63) is 35.6 Å². The maximum atomic E-state index is 12.4. The molecule has 0 spiro atoms. The molecule has 24 heavy (non-hydrogen) atoms. The fourth-order valence-corrected chi connectivity index (χ4v) is 2.24. The van der Waals surface area contributed by atoms with Crippen molar-refractivity contribution in [1.82, 2.24) is 5.32 Å². The zero-order valence-corrected chi connectivity index (χ0v) is 14.0. The van der Waals surface area contributed by atoms with E-state index in [2.05, 4.69) is 5.32 Å². The molecule has 0 aliphatic heterocycles. The Hall–Kier alpha value is -2.38. The molecule has 1 amide bonds. The first kappa shape index (κ1) is 18.0. The first-order valence-corrected chi connectivity index (χ1v) is 7.55. The second-order valence-corrected chi connectivity index (χ2v) is 5.17. The van der Waals surface area contributed by atoms with Gasteiger partial charge in [-0.3, -0.25) is 4.79 Å². The number of carbonyl (C=O) groups excluding carboxylic acids is 2. The predicted octanol–water partition coefficient (Wildman–Crippen LogP) is 1.89. The molecule has 7 heteroatoms. The lowest BCUT2D eigenvalue weighted by Gasteiger charge is -2.13. The number of esters is 1. The normalized spacial score (nSPS) is 12.1. The Morgan fingerprint density at radius 3 is 2.67 bits per heavy atom. The number of amides is 1. The molecular weight excluding hydrogens is 314 g/mol. The van der Waals surface area contributed by atoms with Crippen molar-refractivity contribution in [2.24, 2.45) is 0 Å². The molecule has 0 saturated heterocycles. The Morgan fingerprint density at radius 2 is 1.96 bits per heavy atom. The van der Waals surface area contributed by atoms with Crippen LogP contribution >= 0.6 is 0 Å². The van der Waals surface area contributed by atoms with E-state index < -0.39 is 18.0 Å². The van der Waals surface area contributed by atoms with E-state index in [0.717, 1.165) is 5.39 Å². The lowest BCUT2D eigenvalue weighted by atomic mass is 10.1. The maximum absolute atomic E-state index is 12.4. The highest BCUT2D eigenvalue weighted by molar-refractivity contribution is 5.97. The Bertz CT molecular complexity index is 708. The van der Waals surface area contributed by atoms with Crippen LogP contribution in [0.5, 0.6) is 0 Å². The third kappa shape index (κ3) is 4.12. The van der Waals surface area contributed by atoms with Crippen LogP contribution in [0.25, 0.3) is 11.0 Å². The highest BCUT2D eigenvalue weighted by Gasteiger charge is 2.25. The van der Waals surface area contributed by atoms with Gasteiger partial charge in [0.1, 0.15) is 5.58 Å². The molecule has 1 N–H and O–H groups in total. The molecule has 2 aromatic rings. The minimum absolute atomic E-state index is 0.0505. The van der Waals surface area contributed by atoms with Crippen LogP contribution < -0.4 is 5.32 Å². The SMILES string of the molecule is COCCNC(=O)[C@H](C)OC(=O)c1oc2ccccc2c1COC. The van der Waals surface area contributed by atoms with E-state index in [1.165, 1.54) is 21.1 Å². The number of ether oxygens (including phenoxy) is 3. The molecule has 0 aliphatic rings. The molecule has 1 atom stereocenters. The van der Waals surface area contributed by atoms with E-state index in [4.69, 9.17) is 18.6 Å². The number of hydrogen-bond donors (Lipinski definition) is 1.